The standard InChI is InChI=1S/C30H33N3O3/c1-21-14-16-27(22(2)20-21)33-29(31-26-13-9-8-12-25(26)30(33)35)23(3)32(18-19-36-4)28(34)17-15-24-10-6-5-7-11-24/h5-14,16,20,23H,15,17-19H2,1-4H3. The van der Waals surface area contributed by atoms with Crippen LogP contribution >= 0.6 is 0 Å². The minimum atomic E-state index is -0.443. The van der Waals surface area contributed by atoms with Gasteiger partial charge in [-0.25, -0.2) is 4.98 Å². The van der Waals surface area contributed by atoms with Gasteiger partial charge in [0.05, 0.1) is 29.2 Å². The molecule has 6 heteroatoms. The average Bonchev–Trinajstić information content (AvgIpc) is 2.88. The first kappa shape index (κ1) is 25.3. The van der Waals surface area contributed by atoms with Gasteiger partial charge < -0.3 is 9.64 Å². The molecule has 6 nitrogen and oxygen atoms in total. The Labute approximate surface area is 212 Å². The fourth-order valence-electron chi connectivity index (χ4n) is 4.62. The number of carbonyl (C=O) groups is 1. The number of aromatic nitrogens is 2. The van der Waals surface area contributed by atoms with E-state index in [1.54, 1.807) is 22.6 Å². The van der Waals surface area contributed by atoms with Crippen LogP contribution in [0.3, 0.4) is 0 Å². The summed E-state index contributed by atoms with van der Waals surface area (Å²) in [6.07, 6.45) is 1.00. The maximum atomic E-state index is 13.8. The maximum absolute atomic E-state index is 13.8. The van der Waals surface area contributed by atoms with Gasteiger partial charge in [-0.2, -0.15) is 0 Å². The van der Waals surface area contributed by atoms with Crippen LogP contribution in [0.1, 0.15) is 41.9 Å². The van der Waals surface area contributed by atoms with Gasteiger partial charge in [0.1, 0.15) is 5.82 Å². The molecule has 0 saturated heterocycles. The van der Waals surface area contributed by atoms with Crippen LogP contribution in [0.25, 0.3) is 16.6 Å². The quantitative estimate of drug-likeness (QED) is 0.329. The lowest BCUT2D eigenvalue weighted by Crippen LogP contribution is -2.39. The van der Waals surface area contributed by atoms with E-state index in [2.05, 4.69) is 6.07 Å². The molecule has 0 bridgehead atoms. The minimum absolute atomic E-state index is 0.00186. The van der Waals surface area contributed by atoms with Crippen molar-refractivity contribution in [2.75, 3.05) is 20.3 Å². The second-order valence-electron chi connectivity index (χ2n) is 9.16. The van der Waals surface area contributed by atoms with Gasteiger partial charge in [-0.15, -0.1) is 0 Å². The third-order valence-corrected chi connectivity index (χ3v) is 6.56. The predicted octanol–water partition coefficient (Wildman–Crippen LogP) is 5.17. The SMILES string of the molecule is COCCN(C(=O)CCc1ccccc1)C(C)c1nc2ccccc2c(=O)n1-c1ccc(C)cc1C. The molecule has 0 aliphatic carbocycles. The van der Waals surface area contributed by atoms with Gasteiger partial charge in [-0.1, -0.05) is 60.2 Å². The summed E-state index contributed by atoms with van der Waals surface area (Å²) in [4.78, 5) is 34.0. The number of aryl methyl sites for hydroxylation is 3. The fourth-order valence-corrected chi connectivity index (χ4v) is 4.62. The smallest absolute Gasteiger partial charge is 0.266 e. The lowest BCUT2D eigenvalue weighted by Gasteiger charge is -2.31. The van der Waals surface area contributed by atoms with E-state index in [-0.39, 0.29) is 11.5 Å². The third-order valence-electron chi connectivity index (χ3n) is 6.56. The largest absolute Gasteiger partial charge is 0.383 e. The minimum Gasteiger partial charge on any atom is -0.383 e. The Hall–Kier alpha value is -3.77. The van der Waals surface area contributed by atoms with Crippen molar-refractivity contribution >= 4 is 16.8 Å². The number of methoxy groups -OCH3 is 1. The van der Waals surface area contributed by atoms with Crippen molar-refractivity contribution in [3.05, 3.63) is 106 Å². The predicted molar refractivity (Wildman–Crippen MR) is 144 cm³/mol. The van der Waals surface area contributed by atoms with Gasteiger partial charge in [-0.05, 0) is 56.5 Å². The highest BCUT2D eigenvalue weighted by atomic mass is 16.5. The molecule has 4 rings (SSSR count). The van der Waals surface area contributed by atoms with Crippen molar-refractivity contribution in [1.82, 2.24) is 14.5 Å². The molecule has 186 valence electrons. The Bertz CT molecular complexity index is 1410. The summed E-state index contributed by atoms with van der Waals surface area (Å²) in [6, 6.07) is 22.9. The topological polar surface area (TPSA) is 64.4 Å². The molecule has 0 spiro atoms. The molecule has 0 radical (unpaired) electrons. The van der Waals surface area contributed by atoms with Gasteiger partial charge in [0.15, 0.2) is 0 Å². The Morgan fingerprint density at radius 3 is 2.47 bits per heavy atom. The van der Waals surface area contributed by atoms with Crippen molar-refractivity contribution in [2.24, 2.45) is 0 Å². The number of rotatable bonds is 9. The van der Waals surface area contributed by atoms with Crippen LogP contribution < -0.4 is 5.56 Å². The number of hydrogen-bond acceptors (Lipinski definition) is 4. The van der Waals surface area contributed by atoms with E-state index in [0.717, 1.165) is 22.4 Å². The van der Waals surface area contributed by atoms with Gasteiger partial charge >= 0.3 is 0 Å². The molecule has 3 aromatic carbocycles. The molecule has 0 aliphatic rings. The summed E-state index contributed by atoms with van der Waals surface area (Å²) in [6.45, 7) is 6.75. The molecule has 1 amide bonds. The highest BCUT2D eigenvalue weighted by molar-refractivity contribution is 5.79. The molecule has 0 aliphatic heterocycles. The van der Waals surface area contributed by atoms with Crippen LogP contribution in [0.2, 0.25) is 0 Å². The number of ether oxygens (including phenoxy) is 1. The van der Waals surface area contributed by atoms with Gasteiger partial charge in [0.2, 0.25) is 5.91 Å². The molecular weight excluding hydrogens is 450 g/mol. The zero-order valence-corrected chi connectivity index (χ0v) is 21.4. The van der Waals surface area contributed by atoms with E-state index >= 15 is 0 Å². The highest BCUT2D eigenvalue weighted by Crippen LogP contribution is 2.25. The van der Waals surface area contributed by atoms with E-state index in [4.69, 9.17) is 9.72 Å². The second kappa shape index (κ2) is 11.3. The Morgan fingerprint density at radius 2 is 1.75 bits per heavy atom. The van der Waals surface area contributed by atoms with E-state index in [1.807, 2.05) is 81.4 Å². The van der Waals surface area contributed by atoms with Crippen LogP contribution in [-0.2, 0) is 16.0 Å². The first-order valence-electron chi connectivity index (χ1n) is 12.3. The monoisotopic (exact) mass is 483 g/mol. The molecule has 0 N–H and O–H groups in total. The molecule has 1 unspecified atom stereocenters. The number of hydrogen-bond donors (Lipinski definition) is 0. The number of fused-ring (bicyclic) bond motifs is 1. The van der Waals surface area contributed by atoms with Crippen LogP contribution in [0.4, 0.5) is 0 Å². The summed E-state index contributed by atoms with van der Waals surface area (Å²) in [5.74, 6) is 0.535. The Kier molecular flexibility index (Phi) is 7.96. The van der Waals surface area contributed by atoms with Crippen LogP contribution in [0, 0.1) is 13.8 Å². The molecule has 36 heavy (non-hydrogen) atoms. The van der Waals surface area contributed by atoms with Gasteiger partial charge in [0.25, 0.3) is 5.56 Å². The second-order valence-corrected chi connectivity index (χ2v) is 9.16. The normalized spacial score (nSPS) is 12.0. The molecule has 0 fully saturated rings. The van der Waals surface area contributed by atoms with Crippen LogP contribution in [0.15, 0.2) is 77.6 Å². The number of nitrogens with zero attached hydrogens (tertiary/aromatic N) is 3. The summed E-state index contributed by atoms with van der Waals surface area (Å²) >= 11 is 0. The van der Waals surface area contributed by atoms with E-state index in [1.165, 1.54) is 0 Å². The van der Waals surface area contributed by atoms with Crippen molar-refractivity contribution in [1.29, 1.82) is 0 Å². The number of carbonyl (C=O) groups excluding carboxylic acids is 1. The fraction of sp³-hybridized carbons (Fsp3) is 0.300. The van der Waals surface area contributed by atoms with Crippen molar-refractivity contribution in [3.63, 3.8) is 0 Å². The lowest BCUT2D eigenvalue weighted by molar-refractivity contribution is -0.134. The number of benzene rings is 3. The van der Waals surface area contributed by atoms with Crippen LogP contribution in [0.5, 0.6) is 0 Å². The maximum Gasteiger partial charge on any atom is 0.266 e. The highest BCUT2D eigenvalue weighted by Gasteiger charge is 2.27. The Balaban J connectivity index is 1.80. The first-order chi connectivity index (χ1) is 17.4. The zero-order chi connectivity index (χ0) is 25.7. The van der Waals surface area contributed by atoms with Crippen molar-refractivity contribution in [2.45, 2.75) is 39.7 Å². The molecule has 0 saturated carbocycles. The molecule has 4 aromatic rings. The Morgan fingerprint density at radius 1 is 1.03 bits per heavy atom. The summed E-state index contributed by atoms with van der Waals surface area (Å²) in [5.41, 5.74) is 4.45. The van der Waals surface area contributed by atoms with Crippen molar-refractivity contribution in [3.8, 4) is 5.69 Å². The molecule has 1 atom stereocenters. The van der Waals surface area contributed by atoms with Gasteiger partial charge in [-0.3, -0.25) is 14.2 Å². The summed E-state index contributed by atoms with van der Waals surface area (Å²) in [7, 11) is 1.62. The van der Waals surface area contributed by atoms with Gasteiger partial charge in [0, 0.05) is 20.1 Å². The molecule has 1 aromatic heterocycles. The number of amides is 1. The molecule has 1 heterocycles. The van der Waals surface area contributed by atoms with Crippen LogP contribution in [-0.4, -0.2) is 40.6 Å². The van der Waals surface area contributed by atoms with E-state index in [0.29, 0.717) is 42.7 Å². The zero-order valence-electron chi connectivity index (χ0n) is 21.4. The lowest BCUT2D eigenvalue weighted by atomic mass is 10.1. The summed E-state index contributed by atoms with van der Waals surface area (Å²) < 4.78 is 7.00. The third kappa shape index (κ3) is 5.39. The van der Waals surface area contributed by atoms with E-state index < -0.39 is 6.04 Å². The molecular formula is C30H33N3O3. The summed E-state index contributed by atoms with van der Waals surface area (Å²) in [5, 5.41) is 0.548. The average molecular weight is 484 g/mol. The van der Waals surface area contributed by atoms with Crippen molar-refractivity contribution < 1.29 is 9.53 Å². The number of para-hydroxylation sites is 1. The first-order valence-corrected chi connectivity index (χ1v) is 12.3. The van der Waals surface area contributed by atoms with E-state index in [9.17, 15) is 9.59 Å².